The Labute approximate surface area is 165 Å². The zero-order chi connectivity index (χ0) is 19.8. The van der Waals surface area contributed by atoms with Gasteiger partial charge in [0.15, 0.2) is 5.78 Å². The van der Waals surface area contributed by atoms with Crippen LogP contribution in [0.3, 0.4) is 0 Å². The van der Waals surface area contributed by atoms with Crippen LogP contribution in [0.5, 0.6) is 0 Å². The average Bonchev–Trinajstić information content (AvgIpc) is 2.58. The van der Waals surface area contributed by atoms with Crippen LogP contribution in [0.2, 0.25) is 5.02 Å². The maximum absolute atomic E-state index is 13.1. The van der Waals surface area contributed by atoms with Crippen LogP contribution in [0, 0.1) is 11.3 Å². The monoisotopic (exact) mass is 387 g/mol. The Hall–Kier alpha value is -1.94. The van der Waals surface area contributed by atoms with Gasteiger partial charge in [0.1, 0.15) is 5.92 Å². The lowest BCUT2D eigenvalue weighted by Gasteiger charge is -2.39. The molecule has 27 heavy (non-hydrogen) atoms. The van der Waals surface area contributed by atoms with Crippen molar-refractivity contribution in [3.63, 3.8) is 0 Å². The number of allylic oxidation sites excluding steroid dienone is 2. The number of carbonyl (C=O) groups is 2. The number of ether oxygens (including phenoxy) is 1. The molecule has 0 bridgehead atoms. The predicted molar refractivity (Wildman–Crippen MR) is 107 cm³/mol. The van der Waals surface area contributed by atoms with Gasteiger partial charge in [0.2, 0.25) is 0 Å². The highest BCUT2D eigenvalue weighted by Crippen LogP contribution is 2.48. The first kappa shape index (κ1) is 19.8. The topological polar surface area (TPSA) is 55.7 Å². The van der Waals surface area contributed by atoms with Gasteiger partial charge in [-0.25, -0.2) is 0 Å². The van der Waals surface area contributed by atoms with Crippen LogP contribution in [0.15, 0.2) is 40.5 Å². The summed E-state index contributed by atoms with van der Waals surface area (Å²) in [5.74, 6) is -1.20. The van der Waals surface area contributed by atoms with Crippen molar-refractivity contribution in [1.29, 1.82) is 0 Å². The number of esters is 1. The number of ketones is 1. The molecular formula is C22H26ClNO3. The number of carbonyl (C=O) groups excluding carboxylic acids is 2. The molecule has 1 aliphatic heterocycles. The maximum atomic E-state index is 13.1. The number of Topliss-reactive ketones (excluding diaryl/α,β-unsaturated/α-hetero) is 1. The van der Waals surface area contributed by atoms with Gasteiger partial charge >= 0.3 is 5.97 Å². The predicted octanol–water partition coefficient (Wildman–Crippen LogP) is 5.11. The molecule has 0 aromatic heterocycles. The molecule has 0 radical (unpaired) electrons. The van der Waals surface area contributed by atoms with E-state index in [4.69, 9.17) is 21.3 Å². The second-order valence-corrected chi connectivity index (χ2v) is 8.67. The van der Waals surface area contributed by atoms with Gasteiger partial charge < -0.3 is 4.74 Å². The summed E-state index contributed by atoms with van der Waals surface area (Å²) in [5.41, 5.74) is 2.96. The SMILES string of the molecule is CCCOC(=O)C1C(C)=NC2=C(C(=O)CC(C)(C)C2)[C@@H]1c1ccc(Cl)cc1. The molecule has 0 spiro atoms. The van der Waals surface area contributed by atoms with Crippen LogP contribution in [0.25, 0.3) is 0 Å². The summed E-state index contributed by atoms with van der Waals surface area (Å²) < 4.78 is 5.45. The van der Waals surface area contributed by atoms with Crippen LogP contribution < -0.4 is 0 Å². The van der Waals surface area contributed by atoms with Crippen molar-refractivity contribution in [3.8, 4) is 0 Å². The Bertz CT molecular complexity index is 820. The molecule has 2 atom stereocenters. The van der Waals surface area contributed by atoms with Gasteiger partial charge in [-0.1, -0.05) is 44.5 Å². The van der Waals surface area contributed by atoms with Crippen LogP contribution in [0.4, 0.5) is 0 Å². The van der Waals surface area contributed by atoms with Crippen LogP contribution in [-0.4, -0.2) is 24.1 Å². The largest absolute Gasteiger partial charge is 0.465 e. The number of aliphatic imine (C=N–C) groups is 1. The van der Waals surface area contributed by atoms with E-state index in [0.29, 0.717) is 29.3 Å². The number of rotatable bonds is 4. The van der Waals surface area contributed by atoms with Gasteiger partial charge in [-0.2, -0.15) is 0 Å². The van der Waals surface area contributed by atoms with Crippen molar-refractivity contribution in [2.24, 2.45) is 16.3 Å². The van der Waals surface area contributed by atoms with E-state index in [9.17, 15) is 9.59 Å². The molecule has 144 valence electrons. The number of hydrogen-bond acceptors (Lipinski definition) is 4. The Kier molecular flexibility index (Phi) is 5.57. The second kappa shape index (κ2) is 7.59. The Morgan fingerprint density at radius 1 is 1.26 bits per heavy atom. The molecule has 1 heterocycles. The first-order chi connectivity index (χ1) is 12.7. The zero-order valence-corrected chi connectivity index (χ0v) is 17.1. The fourth-order valence-corrected chi connectivity index (χ4v) is 4.20. The van der Waals surface area contributed by atoms with Gasteiger partial charge in [0.05, 0.1) is 6.61 Å². The minimum Gasteiger partial charge on any atom is -0.465 e. The lowest BCUT2D eigenvalue weighted by molar-refractivity contribution is -0.146. The van der Waals surface area contributed by atoms with Crippen molar-refractivity contribution < 1.29 is 14.3 Å². The van der Waals surface area contributed by atoms with Crippen molar-refractivity contribution in [1.82, 2.24) is 0 Å². The molecule has 0 fully saturated rings. The van der Waals surface area contributed by atoms with Crippen LogP contribution in [-0.2, 0) is 14.3 Å². The summed E-state index contributed by atoms with van der Waals surface area (Å²) in [5, 5.41) is 0.621. The van der Waals surface area contributed by atoms with Crippen molar-refractivity contribution in [2.45, 2.75) is 52.9 Å². The van der Waals surface area contributed by atoms with Gasteiger partial charge in [0, 0.05) is 34.3 Å². The second-order valence-electron chi connectivity index (χ2n) is 8.23. The lowest BCUT2D eigenvalue weighted by Crippen LogP contribution is -2.39. The lowest BCUT2D eigenvalue weighted by atomic mass is 9.67. The number of benzene rings is 1. The molecule has 5 heteroatoms. The summed E-state index contributed by atoms with van der Waals surface area (Å²) >= 11 is 6.06. The first-order valence-corrected chi connectivity index (χ1v) is 9.85. The van der Waals surface area contributed by atoms with Gasteiger partial charge in [0.25, 0.3) is 0 Å². The number of nitrogens with zero attached hydrogens (tertiary/aromatic N) is 1. The fraction of sp³-hybridized carbons (Fsp3) is 0.500. The van der Waals surface area contributed by atoms with E-state index in [1.165, 1.54) is 0 Å². The Morgan fingerprint density at radius 2 is 1.93 bits per heavy atom. The van der Waals surface area contributed by atoms with E-state index in [2.05, 4.69) is 13.8 Å². The minimum atomic E-state index is -0.582. The molecule has 0 saturated carbocycles. The molecule has 0 N–H and O–H groups in total. The van der Waals surface area contributed by atoms with E-state index < -0.39 is 5.92 Å². The van der Waals surface area contributed by atoms with Crippen molar-refractivity contribution >= 4 is 29.1 Å². The molecule has 3 rings (SSSR count). The highest BCUT2D eigenvalue weighted by Gasteiger charge is 2.45. The van der Waals surface area contributed by atoms with E-state index in [-0.39, 0.29) is 23.1 Å². The van der Waals surface area contributed by atoms with Crippen LogP contribution in [0.1, 0.15) is 58.4 Å². The highest BCUT2D eigenvalue weighted by atomic mass is 35.5. The van der Waals surface area contributed by atoms with E-state index in [0.717, 1.165) is 24.1 Å². The first-order valence-electron chi connectivity index (χ1n) is 9.47. The molecular weight excluding hydrogens is 362 g/mol. The summed E-state index contributed by atoms with van der Waals surface area (Å²) in [4.78, 5) is 30.6. The quantitative estimate of drug-likeness (QED) is 0.674. The summed E-state index contributed by atoms with van der Waals surface area (Å²) in [6, 6.07) is 7.38. The zero-order valence-electron chi connectivity index (χ0n) is 16.3. The summed E-state index contributed by atoms with van der Waals surface area (Å²) in [6.07, 6.45) is 1.94. The standard InChI is InChI=1S/C22H26ClNO3/c1-5-10-27-21(26)18-13(2)24-16-11-22(3,4)12-17(25)20(16)19(18)14-6-8-15(23)9-7-14/h6-9,18-19H,5,10-12H2,1-4H3/t18?,19-/m1/s1. The molecule has 1 aliphatic carbocycles. The van der Waals surface area contributed by atoms with E-state index in [1.807, 2.05) is 26.0 Å². The third-order valence-corrected chi connectivity index (χ3v) is 5.49. The van der Waals surface area contributed by atoms with Crippen molar-refractivity contribution in [2.75, 3.05) is 6.61 Å². The molecule has 2 aliphatic rings. The maximum Gasteiger partial charge on any atom is 0.315 e. The van der Waals surface area contributed by atoms with Gasteiger partial charge in [-0.05, 0) is 42.9 Å². The Morgan fingerprint density at radius 3 is 2.56 bits per heavy atom. The molecule has 1 aromatic carbocycles. The van der Waals surface area contributed by atoms with Gasteiger partial charge in [-0.15, -0.1) is 0 Å². The Balaban J connectivity index is 2.12. The normalized spacial score (nSPS) is 24.3. The highest BCUT2D eigenvalue weighted by molar-refractivity contribution is 6.30. The van der Waals surface area contributed by atoms with Crippen molar-refractivity contribution in [3.05, 3.63) is 46.1 Å². The summed E-state index contributed by atoms with van der Waals surface area (Å²) in [6.45, 7) is 8.34. The third kappa shape index (κ3) is 4.01. The molecule has 0 saturated heterocycles. The molecule has 1 aromatic rings. The van der Waals surface area contributed by atoms with Gasteiger partial charge in [-0.3, -0.25) is 14.6 Å². The van der Waals surface area contributed by atoms with Crippen LogP contribution >= 0.6 is 11.6 Å². The summed E-state index contributed by atoms with van der Waals surface area (Å²) in [7, 11) is 0. The van der Waals surface area contributed by atoms with E-state index in [1.54, 1.807) is 12.1 Å². The van der Waals surface area contributed by atoms with E-state index >= 15 is 0 Å². The number of hydrogen-bond donors (Lipinski definition) is 0. The smallest absolute Gasteiger partial charge is 0.315 e. The molecule has 0 amide bonds. The number of halogens is 1. The minimum absolute atomic E-state index is 0.0748. The third-order valence-electron chi connectivity index (χ3n) is 5.23. The molecule has 1 unspecified atom stereocenters. The molecule has 4 nitrogen and oxygen atoms in total. The average molecular weight is 388 g/mol. The fourth-order valence-electron chi connectivity index (χ4n) is 4.07.